The van der Waals surface area contributed by atoms with Crippen LogP contribution in [0.4, 0.5) is 0 Å². The first kappa shape index (κ1) is 28.0. The molecule has 0 aliphatic carbocycles. The van der Waals surface area contributed by atoms with E-state index < -0.39 is 0 Å². The van der Waals surface area contributed by atoms with Crippen LogP contribution in [0.1, 0.15) is 0 Å². The van der Waals surface area contributed by atoms with E-state index in [0.29, 0.717) is 0 Å². The molecule has 0 saturated carbocycles. The van der Waals surface area contributed by atoms with Crippen molar-refractivity contribution in [2.75, 3.05) is 0 Å². The van der Waals surface area contributed by atoms with Gasteiger partial charge in [-0.15, -0.1) is 11.3 Å². The van der Waals surface area contributed by atoms with E-state index in [1.807, 2.05) is 11.3 Å². The summed E-state index contributed by atoms with van der Waals surface area (Å²) >= 11 is 1.87. The van der Waals surface area contributed by atoms with Crippen LogP contribution in [0.3, 0.4) is 0 Å². The molecule has 0 unspecified atom stereocenters. The molecule has 0 fully saturated rings. The van der Waals surface area contributed by atoms with Crippen LogP contribution in [0.25, 0.3) is 97.0 Å². The van der Waals surface area contributed by atoms with Crippen molar-refractivity contribution in [1.82, 2.24) is 0 Å². The average Bonchev–Trinajstić information content (AvgIpc) is 3.55. The van der Waals surface area contributed by atoms with E-state index in [-0.39, 0.29) is 0 Å². The summed E-state index contributed by atoms with van der Waals surface area (Å²) in [6, 6.07) is 67.1. The van der Waals surface area contributed by atoms with Crippen LogP contribution in [-0.2, 0) is 0 Å². The van der Waals surface area contributed by atoms with E-state index >= 15 is 0 Å². The number of hydrogen-bond acceptors (Lipinski definition) is 1. The normalized spacial score (nSPS) is 11.7. The van der Waals surface area contributed by atoms with Crippen molar-refractivity contribution in [2.45, 2.75) is 0 Å². The summed E-state index contributed by atoms with van der Waals surface area (Å²) in [6.45, 7) is 0. The third kappa shape index (κ3) is 4.66. The van der Waals surface area contributed by atoms with Gasteiger partial charge in [-0.3, -0.25) is 0 Å². The highest BCUT2D eigenvalue weighted by Crippen LogP contribution is 2.45. The van der Waals surface area contributed by atoms with Gasteiger partial charge in [0.05, 0.1) is 0 Å². The summed E-state index contributed by atoms with van der Waals surface area (Å²) in [7, 11) is 0. The fraction of sp³-hybridized carbons (Fsp3) is 0. The second kappa shape index (κ2) is 11.3. The molecule has 0 aliphatic heterocycles. The Morgan fingerprint density at radius 2 is 0.694 bits per heavy atom. The van der Waals surface area contributed by atoms with Gasteiger partial charge < -0.3 is 0 Å². The molecule has 0 amide bonds. The largest absolute Gasteiger partial charge is 0.135 e. The SMILES string of the molecule is c1cc(-c2ccc3ccccc3c2)cc(-c2c3ccccc3c(-c3cccc(-c4ccc5sc6ccccc6c5c4)c3)c3ccccc23)c1. The van der Waals surface area contributed by atoms with Crippen molar-refractivity contribution in [3.8, 4) is 44.5 Å². The lowest BCUT2D eigenvalue weighted by atomic mass is 9.85. The van der Waals surface area contributed by atoms with Gasteiger partial charge in [0.1, 0.15) is 0 Å². The van der Waals surface area contributed by atoms with E-state index in [9.17, 15) is 0 Å². The minimum absolute atomic E-state index is 1.23. The summed E-state index contributed by atoms with van der Waals surface area (Å²) in [6.07, 6.45) is 0. The fourth-order valence-corrected chi connectivity index (χ4v) is 8.82. The van der Waals surface area contributed by atoms with E-state index in [1.165, 1.54) is 97.0 Å². The molecule has 1 aromatic heterocycles. The molecule has 0 saturated heterocycles. The maximum absolute atomic E-state index is 2.38. The molecule has 228 valence electrons. The third-order valence-corrected chi connectivity index (χ3v) is 11.2. The first-order valence-corrected chi connectivity index (χ1v) is 17.7. The molecular weight excluding hydrogens is 609 g/mol. The Labute approximate surface area is 289 Å². The molecule has 0 atom stereocenters. The molecule has 0 aliphatic rings. The van der Waals surface area contributed by atoms with Crippen molar-refractivity contribution >= 4 is 63.8 Å². The molecule has 0 spiro atoms. The van der Waals surface area contributed by atoms with Crippen LogP contribution in [0.2, 0.25) is 0 Å². The zero-order chi connectivity index (χ0) is 32.3. The predicted molar refractivity (Wildman–Crippen MR) is 214 cm³/mol. The second-order valence-electron chi connectivity index (χ2n) is 12.9. The van der Waals surface area contributed by atoms with Gasteiger partial charge in [0.2, 0.25) is 0 Å². The van der Waals surface area contributed by atoms with Gasteiger partial charge in [-0.2, -0.15) is 0 Å². The Morgan fingerprint density at radius 3 is 1.33 bits per heavy atom. The van der Waals surface area contributed by atoms with Gasteiger partial charge in [0, 0.05) is 20.2 Å². The van der Waals surface area contributed by atoms with Crippen LogP contribution in [0, 0.1) is 0 Å². The van der Waals surface area contributed by atoms with Crippen LogP contribution >= 0.6 is 11.3 Å². The predicted octanol–water partition coefficient (Wildman–Crippen LogP) is 14.2. The second-order valence-corrected chi connectivity index (χ2v) is 14.0. The molecule has 0 radical (unpaired) electrons. The molecule has 1 heterocycles. The molecular formula is C48H30S. The first-order chi connectivity index (χ1) is 24.3. The highest BCUT2D eigenvalue weighted by molar-refractivity contribution is 7.25. The van der Waals surface area contributed by atoms with Crippen LogP contribution in [0.15, 0.2) is 182 Å². The van der Waals surface area contributed by atoms with Gasteiger partial charge >= 0.3 is 0 Å². The lowest BCUT2D eigenvalue weighted by molar-refractivity contribution is 1.62. The van der Waals surface area contributed by atoms with Crippen LogP contribution in [0.5, 0.6) is 0 Å². The zero-order valence-corrected chi connectivity index (χ0v) is 27.5. The molecule has 10 aromatic rings. The highest BCUT2D eigenvalue weighted by Gasteiger charge is 2.17. The zero-order valence-electron chi connectivity index (χ0n) is 26.7. The minimum atomic E-state index is 1.23. The van der Waals surface area contributed by atoms with Crippen molar-refractivity contribution in [3.63, 3.8) is 0 Å². The number of thiophene rings is 1. The Hall–Kier alpha value is -6.02. The van der Waals surface area contributed by atoms with Crippen LogP contribution in [-0.4, -0.2) is 0 Å². The van der Waals surface area contributed by atoms with Crippen LogP contribution < -0.4 is 0 Å². The maximum Gasteiger partial charge on any atom is 0.0355 e. The summed E-state index contributed by atoms with van der Waals surface area (Å²) in [5.74, 6) is 0. The molecule has 0 bridgehead atoms. The number of rotatable bonds is 4. The van der Waals surface area contributed by atoms with Crippen molar-refractivity contribution in [3.05, 3.63) is 182 Å². The third-order valence-electron chi connectivity index (χ3n) is 10.0. The topological polar surface area (TPSA) is 0 Å². The molecule has 0 N–H and O–H groups in total. The lowest BCUT2D eigenvalue weighted by Gasteiger charge is -2.18. The quantitative estimate of drug-likeness (QED) is 0.168. The molecule has 1 heteroatoms. The van der Waals surface area contributed by atoms with Gasteiger partial charge in [0.25, 0.3) is 0 Å². The standard InChI is InChI=1S/C48H30S/c1-2-12-32-27-35(24-23-31(32)11-1)33-13-9-15-37(28-33)47-40-18-3-5-20-42(40)48(43-21-6-4-19-41(43)47)38-16-10-14-34(29-38)36-25-26-46-44(30-36)39-17-7-8-22-45(39)49-46/h1-30H. The minimum Gasteiger partial charge on any atom is -0.135 e. The van der Waals surface area contributed by atoms with Gasteiger partial charge in [0.15, 0.2) is 0 Å². The van der Waals surface area contributed by atoms with Crippen molar-refractivity contribution < 1.29 is 0 Å². The summed E-state index contributed by atoms with van der Waals surface area (Å²) in [5.41, 5.74) is 9.96. The van der Waals surface area contributed by atoms with E-state index in [2.05, 4.69) is 182 Å². The van der Waals surface area contributed by atoms with Gasteiger partial charge in [-0.1, -0.05) is 146 Å². The maximum atomic E-state index is 2.38. The molecule has 49 heavy (non-hydrogen) atoms. The summed E-state index contributed by atoms with van der Waals surface area (Å²) < 4.78 is 2.67. The van der Waals surface area contributed by atoms with E-state index in [4.69, 9.17) is 0 Å². The number of hydrogen-bond donors (Lipinski definition) is 0. The number of benzene rings is 9. The van der Waals surface area contributed by atoms with Crippen molar-refractivity contribution in [2.24, 2.45) is 0 Å². The van der Waals surface area contributed by atoms with Gasteiger partial charge in [-0.05, 0) is 113 Å². The van der Waals surface area contributed by atoms with Crippen molar-refractivity contribution in [1.29, 1.82) is 0 Å². The van der Waals surface area contributed by atoms with Gasteiger partial charge in [-0.25, -0.2) is 0 Å². The van der Waals surface area contributed by atoms with E-state index in [1.54, 1.807) is 0 Å². The first-order valence-electron chi connectivity index (χ1n) is 16.8. The lowest BCUT2D eigenvalue weighted by Crippen LogP contribution is -1.91. The Bertz CT molecular complexity index is 2830. The molecule has 0 nitrogen and oxygen atoms in total. The average molecular weight is 639 g/mol. The van der Waals surface area contributed by atoms with E-state index in [0.717, 1.165) is 0 Å². The summed E-state index contributed by atoms with van der Waals surface area (Å²) in [4.78, 5) is 0. The fourth-order valence-electron chi connectivity index (χ4n) is 7.73. The monoisotopic (exact) mass is 638 g/mol. The smallest absolute Gasteiger partial charge is 0.0355 e. The Kier molecular flexibility index (Phi) is 6.47. The highest BCUT2D eigenvalue weighted by atomic mass is 32.1. The summed E-state index contributed by atoms with van der Waals surface area (Å²) in [5, 5.41) is 10.3. The molecule has 10 rings (SSSR count). The number of fused-ring (bicyclic) bond motifs is 6. The molecule has 9 aromatic carbocycles. The Balaban J connectivity index is 1.16. The Morgan fingerprint density at radius 1 is 0.245 bits per heavy atom.